The minimum Gasteiger partial charge on any atom is -0.494 e. The second-order valence-electron chi connectivity index (χ2n) is 6.24. The van der Waals surface area contributed by atoms with E-state index in [0.29, 0.717) is 24.9 Å². The van der Waals surface area contributed by atoms with Crippen LogP contribution in [0.3, 0.4) is 0 Å². The molecular weight excluding hydrogens is 330 g/mol. The predicted molar refractivity (Wildman–Crippen MR) is 104 cm³/mol. The van der Waals surface area contributed by atoms with Crippen molar-refractivity contribution >= 4 is 34.4 Å². The van der Waals surface area contributed by atoms with Crippen molar-refractivity contribution < 1.29 is 9.90 Å². The summed E-state index contributed by atoms with van der Waals surface area (Å²) in [4.78, 5) is 11.3. The maximum absolute atomic E-state index is 11.3. The molecule has 1 amide bonds. The minimum absolute atomic E-state index is 0.0640. The molecular formula is C19H23N5O2. The van der Waals surface area contributed by atoms with Crippen LogP contribution in [0.4, 0.5) is 0 Å². The van der Waals surface area contributed by atoms with E-state index in [-0.39, 0.29) is 11.8 Å². The standard InChI is InChI=1S/C19H23N5O2/c1-4-12(3)21-20-11-15-14-7-6-13(16-8-9-18(25)23-22-16)10-17(14)24(5-2)19(15)26/h6-7,10-11,26H,4-5,8-9H2,1-3H3,(H,23,25)/b20-11+,21-12?. The molecule has 1 aromatic carbocycles. The van der Waals surface area contributed by atoms with Gasteiger partial charge in [0.1, 0.15) is 0 Å². The number of fused-ring (bicyclic) bond motifs is 1. The number of aryl methyl sites for hydroxylation is 1. The first-order valence-electron chi connectivity index (χ1n) is 8.82. The van der Waals surface area contributed by atoms with Crippen LogP contribution in [-0.4, -0.2) is 33.2 Å². The lowest BCUT2D eigenvalue weighted by molar-refractivity contribution is -0.121. The average Bonchev–Trinajstić information content (AvgIpc) is 2.92. The molecule has 0 radical (unpaired) electrons. The third-order valence-corrected chi connectivity index (χ3v) is 4.56. The maximum Gasteiger partial charge on any atom is 0.240 e. The molecule has 1 aromatic heterocycles. The van der Waals surface area contributed by atoms with E-state index < -0.39 is 0 Å². The predicted octanol–water partition coefficient (Wildman–Crippen LogP) is 3.19. The average molecular weight is 353 g/mol. The van der Waals surface area contributed by atoms with E-state index in [1.54, 1.807) is 6.21 Å². The van der Waals surface area contributed by atoms with Crippen molar-refractivity contribution in [3.05, 3.63) is 29.3 Å². The lowest BCUT2D eigenvalue weighted by Gasteiger charge is -2.12. The van der Waals surface area contributed by atoms with Gasteiger partial charge in [-0.15, -0.1) is 0 Å². The SMILES string of the molecule is CCC(C)=N/N=C/c1c(O)n(CC)c2cc(C3=NNC(=O)CC3)ccc12. The summed E-state index contributed by atoms with van der Waals surface area (Å²) in [5.41, 5.74) is 6.79. The highest BCUT2D eigenvalue weighted by atomic mass is 16.3. The molecule has 0 unspecified atom stereocenters. The van der Waals surface area contributed by atoms with E-state index in [1.165, 1.54) is 0 Å². The summed E-state index contributed by atoms with van der Waals surface area (Å²) >= 11 is 0. The van der Waals surface area contributed by atoms with Gasteiger partial charge in [-0.3, -0.25) is 4.79 Å². The Bertz CT molecular complexity index is 937. The normalized spacial score (nSPS) is 15.6. The summed E-state index contributed by atoms with van der Waals surface area (Å²) in [7, 11) is 0. The first kappa shape index (κ1) is 17.8. The van der Waals surface area contributed by atoms with Gasteiger partial charge in [0.15, 0.2) is 0 Å². The molecule has 1 aliphatic heterocycles. The summed E-state index contributed by atoms with van der Waals surface area (Å²) in [6.45, 7) is 6.54. The molecule has 26 heavy (non-hydrogen) atoms. The van der Waals surface area contributed by atoms with Crippen LogP contribution >= 0.6 is 0 Å². The fourth-order valence-electron chi connectivity index (χ4n) is 2.93. The topological polar surface area (TPSA) is 91.3 Å². The Hall–Kier alpha value is -2.96. The van der Waals surface area contributed by atoms with E-state index in [2.05, 4.69) is 20.7 Å². The van der Waals surface area contributed by atoms with Gasteiger partial charge in [-0.25, -0.2) is 5.43 Å². The second-order valence-corrected chi connectivity index (χ2v) is 6.24. The molecule has 136 valence electrons. The number of aromatic nitrogens is 1. The van der Waals surface area contributed by atoms with Gasteiger partial charge in [0.2, 0.25) is 11.8 Å². The zero-order chi connectivity index (χ0) is 18.7. The monoisotopic (exact) mass is 353 g/mol. The van der Waals surface area contributed by atoms with E-state index in [9.17, 15) is 9.90 Å². The van der Waals surface area contributed by atoms with Crippen LogP contribution in [0.15, 0.2) is 33.5 Å². The molecule has 7 nitrogen and oxygen atoms in total. The number of nitrogens with one attached hydrogen (secondary N) is 1. The second kappa shape index (κ2) is 7.51. The molecule has 0 saturated heterocycles. The number of rotatable bonds is 5. The van der Waals surface area contributed by atoms with Crippen molar-refractivity contribution in [3.8, 4) is 5.88 Å². The number of aromatic hydroxyl groups is 1. The van der Waals surface area contributed by atoms with Crippen molar-refractivity contribution in [3.63, 3.8) is 0 Å². The van der Waals surface area contributed by atoms with Crippen molar-refractivity contribution in [2.45, 2.75) is 46.6 Å². The lowest BCUT2D eigenvalue weighted by atomic mass is 10.0. The highest BCUT2D eigenvalue weighted by Gasteiger charge is 2.18. The van der Waals surface area contributed by atoms with Crippen LogP contribution in [0, 0.1) is 0 Å². The van der Waals surface area contributed by atoms with E-state index in [4.69, 9.17) is 0 Å². The highest BCUT2D eigenvalue weighted by Crippen LogP contribution is 2.31. The Morgan fingerprint density at radius 1 is 1.38 bits per heavy atom. The van der Waals surface area contributed by atoms with Crippen LogP contribution in [0.2, 0.25) is 0 Å². The van der Waals surface area contributed by atoms with Crippen LogP contribution in [-0.2, 0) is 11.3 Å². The van der Waals surface area contributed by atoms with Crippen LogP contribution in [0.5, 0.6) is 5.88 Å². The molecule has 1 aliphatic rings. The number of benzene rings is 1. The Morgan fingerprint density at radius 2 is 2.19 bits per heavy atom. The van der Waals surface area contributed by atoms with Gasteiger partial charge in [-0.1, -0.05) is 19.1 Å². The van der Waals surface area contributed by atoms with Gasteiger partial charge in [0.05, 0.1) is 23.0 Å². The fourth-order valence-corrected chi connectivity index (χ4v) is 2.93. The number of carbonyl (C=O) groups is 1. The van der Waals surface area contributed by atoms with Crippen molar-refractivity contribution in [2.75, 3.05) is 0 Å². The molecule has 0 bridgehead atoms. The van der Waals surface area contributed by atoms with Crippen molar-refractivity contribution in [1.29, 1.82) is 0 Å². The third kappa shape index (κ3) is 3.37. The Kier molecular flexibility index (Phi) is 5.16. The molecule has 0 spiro atoms. The summed E-state index contributed by atoms with van der Waals surface area (Å²) in [6.07, 6.45) is 3.47. The molecule has 2 aromatic rings. The molecule has 0 fully saturated rings. The smallest absolute Gasteiger partial charge is 0.240 e. The molecule has 0 atom stereocenters. The van der Waals surface area contributed by atoms with Gasteiger partial charge in [-0.2, -0.15) is 15.3 Å². The zero-order valence-corrected chi connectivity index (χ0v) is 15.3. The Morgan fingerprint density at radius 3 is 2.85 bits per heavy atom. The summed E-state index contributed by atoms with van der Waals surface area (Å²) < 4.78 is 1.83. The third-order valence-electron chi connectivity index (χ3n) is 4.56. The molecule has 0 aliphatic carbocycles. The van der Waals surface area contributed by atoms with E-state index in [0.717, 1.165) is 34.3 Å². The number of carbonyl (C=O) groups excluding carboxylic acids is 1. The quantitative estimate of drug-likeness (QED) is 0.638. The fraction of sp³-hybridized carbons (Fsp3) is 0.368. The molecule has 7 heteroatoms. The minimum atomic E-state index is -0.0640. The van der Waals surface area contributed by atoms with Gasteiger partial charge in [0.25, 0.3) is 0 Å². The number of amides is 1. The number of hydrazone groups is 1. The van der Waals surface area contributed by atoms with Crippen molar-refractivity contribution in [2.24, 2.45) is 15.3 Å². The molecule has 2 heterocycles. The first-order chi connectivity index (χ1) is 12.5. The summed E-state index contributed by atoms with van der Waals surface area (Å²) in [6, 6.07) is 5.90. The number of hydrogen-bond donors (Lipinski definition) is 2. The zero-order valence-electron chi connectivity index (χ0n) is 15.3. The van der Waals surface area contributed by atoms with Gasteiger partial charge in [-0.05, 0) is 31.9 Å². The van der Waals surface area contributed by atoms with Crippen molar-refractivity contribution in [1.82, 2.24) is 9.99 Å². The van der Waals surface area contributed by atoms with E-state index >= 15 is 0 Å². The number of hydrogen-bond acceptors (Lipinski definition) is 5. The highest BCUT2D eigenvalue weighted by molar-refractivity contribution is 6.09. The van der Waals surface area contributed by atoms with Crippen LogP contribution < -0.4 is 5.43 Å². The van der Waals surface area contributed by atoms with Crippen LogP contribution in [0.1, 0.15) is 51.2 Å². The lowest BCUT2D eigenvalue weighted by Crippen LogP contribution is -2.25. The molecule has 0 saturated carbocycles. The summed E-state index contributed by atoms with van der Waals surface area (Å²) in [5.74, 6) is 0.109. The van der Waals surface area contributed by atoms with Gasteiger partial charge in [0, 0.05) is 30.5 Å². The molecule has 3 rings (SSSR count). The Labute approximate surface area is 152 Å². The largest absolute Gasteiger partial charge is 0.494 e. The molecule has 2 N–H and O–H groups in total. The maximum atomic E-state index is 11.3. The number of nitrogens with zero attached hydrogens (tertiary/aromatic N) is 4. The summed E-state index contributed by atoms with van der Waals surface area (Å²) in [5, 5.41) is 23.9. The van der Waals surface area contributed by atoms with Crippen LogP contribution in [0.25, 0.3) is 10.9 Å². The Balaban J connectivity index is 2.06. The van der Waals surface area contributed by atoms with Gasteiger partial charge >= 0.3 is 0 Å². The van der Waals surface area contributed by atoms with Gasteiger partial charge < -0.3 is 9.67 Å². The van der Waals surface area contributed by atoms with E-state index in [1.807, 2.05) is 43.5 Å². The first-order valence-corrected chi connectivity index (χ1v) is 8.82.